The molecule has 0 fully saturated rings. The zero-order valence-corrected chi connectivity index (χ0v) is 20.5. The van der Waals surface area contributed by atoms with Gasteiger partial charge in [-0.3, -0.25) is 4.79 Å². The van der Waals surface area contributed by atoms with Crippen molar-refractivity contribution in [1.29, 1.82) is 0 Å². The molecule has 3 aromatic rings. The van der Waals surface area contributed by atoms with Crippen LogP contribution in [0.4, 0.5) is 4.39 Å². The number of carbonyl (C=O) groups excluding carboxylic acids is 1. The van der Waals surface area contributed by atoms with Crippen LogP contribution in [0.25, 0.3) is 10.9 Å². The summed E-state index contributed by atoms with van der Waals surface area (Å²) in [5, 5.41) is 1.15. The fourth-order valence-electron chi connectivity index (χ4n) is 4.78. The van der Waals surface area contributed by atoms with E-state index in [2.05, 4.69) is 0 Å². The minimum absolute atomic E-state index is 0.0636. The first kappa shape index (κ1) is 23.8. The molecule has 0 radical (unpaired) electrons. The molecule has 1 heterocycles. The first-order chi connectivity index (χ1) is 15.6. The number of hydrogen-bond donors (Lipinski definition) is 0. The van der Waals surface area contributed by atoms with Crippen molar-refractivity contribution in [2.45, 2.75) is 63.0 Å². The number of aryl methyl sites for hydroxylation is 1. The second-order valence-corrected chi connectivity index (χ2v) is 11.1. The summed E-state index contributed by atoms with van der Waals surface area (Å²) in [6, 6.07) is 9.50. The van der Waals surface area contributed by atoms with Crippen LogP contribution in [0.3, 0.4) is 0 Å². The molecular formula is C25H27ClFNO4S. The topological polar surface area (TPSA) is 65.4 Å². The van der Waals surface area contributed by atoms with E-state index in [9.17, 15) is 17.6 Å². The summed E-state index contributed by atoms with van der Waals surface area (Å²) in [4.78, 5) is 12.3. The third kappa shape index (κ3) is 4.53. The molecule has 5 nitrogen and oxygen atoms in total. The summed E-state index contributed by atoms with van der Waals surface area (Å²) in [6.45, 7) is 3.87. The quantitative estimate of drug-likeness (QED) is 0.387. The molecule has 1 aliphatic rings. The van der Waals surface area contributed by atoms with Crippen molar-refractivity contribution in [3.63, 3.8) is 0 Å². The first-order valence-corrected chi connectivity index (χ1v) is 13.4. The standard InChI is InChI=1S/C25H27ClFNO4S/c1-4-6-23(29)32-21-8-5-7-19-20-13-18(27)14-22(33(3,30)31)25(20)28(24(19)21)15(2)16-9-11-17(26)12-10-16/h9-15,21H,4-8H2,1-3H3/t15-,21-/m0/s1. The molecule has 1 aliphatic carbocycles. The Morgan fingerprint density at radius 3 is 2.61 bits per heavy atom. The molecule has 0 N–H and O–H groups in total. The highest BCUT2D eigenvalue weighted by Crippen LogP contribution is 2.44. The number of ether oxygens (including phenoxy) is 1. The van der Waals surface area contributed by atoms with Crippen LogP contribution in [0.2, 0.25) is 5.02 Å². The van der Waals surface area contributed by atoms with Gasteiger partial charge in [-0.25, -0.2) is 12.8 Å². The fraction of sp³-hybridized carbons (Fsp3) is 0.400. The van der Waals surface area contributed by atoms with E-state index in [-0.39, 0.29) is 16.9 Å². The summed E-state index contributed by atoms with van der Waals surface area (Å²) in [5.41, 5.74) is 2.95. The minimum atomic E-state index is -3.74. The molecule has 0 aliphatic heterocycles. The normalized spacial score (nSPS) is 17.1. The van der Waals surface area contributed by atoms with Gasteiger partial charge in [-0.2, -0.15) is 0 Å². The van der Waals surface area contributed by atoms with Crippen LogP contribution >= 0.6 is 11.6 Å². The SMILES string of the molecule is CCCC(=O)O[C@H]1CCCc2c1n([C@@H](C)c1ccc(Cl)cc1)c1c(S(C)(=O)=O)cc(F)cc21. The number of esters is 1. The van der Waals surface area contributed by atoms with Crippen molar-refractivity contribution in [3.8, 4) is 0 Å². The highest BCUT2D eigenvalue weighted by Gasteiger charge is 2.34. The highest BCUT2D eigenvalue weighted by atomic mass is 35.5. The maximum atomic E-state index is 14.6. The Bertz CT molecular complexity index is 1310. The summed E-state index contributed by atoms with van der Waals surface area (Å²) < 4.78 is 47.9. The van der Waals surface area contributed by atoms with E-state index >= 15 is 0 Å². The van der Waals surface area contributed by atoms with E-state index in [1.54, 1.807) is 12.1 Å². The largest absolute Gasteiger partial charge is 0.456 e. The summed E-state index contributed by atoms with van der Waals surface area (Å²) >= 11 is 6.08. The predicted molar refractivity (Wildman–Crippen MR) is 127 cm³/mol. The lowest BCUT2D eigenvalue weighted by atomic mass is 9.93. The number of benzene rings is 2. The monoisotopic (exact) mass is 491 g/mol. The molecule has 4 rings (SSSR count). The minimum Gasteiger partial charge on any atom is -0.456 e. The highest BCUT2D eigenvalue weighted by molar-refractivity contribution is 7.91. The lowest BCUT2D eigenvalue weighted by molar-refractivity contribution is -0.150. The van der Waals surface area contributed by atoms with E-state index in [0.717, 1.165) is 35.6 Å². The van der Waals surface area contributed by atoms with Crippen LogP contribution in [-0.4, -0.2) is 25.2 Å². The maximum absolute atomic E-state index is 14.6. The van der Waals surface area contributed by atoms with E-state index in [1.807, 2.05) is 30.5 Å². The number of fused-ring (bicyclic) bond motifs is 3. The Hall–Kier alpha value is -2.38. The van der Waals surface area contributed by atoms with Gasteiger partial charge >= 0.3 is 5.97 Å². The van der Waals surface area contributed by atoms with Crippen LogP contribution < -0.4 is 0 Å². The lowest BCUT2D eigenvalue weighted by Gasteiger charge is -2.28. The smallest absolute Gasteiger partial charge is 0.306 e. The summed E-state index contributed by atoms with van der Waals surface area (Å²) in [7, 11) is -3.74. The molecule has 8 heteroatoms. The molecule has 0 saturated heterocycles. The van der Waals surface area contributed by atoms with E-state index in [0.29, 0.717) is 41.6 Å². The third-order valence-electron chi connectivity index (χ3n) is 6.24. The molecule has 33 heavy (non-hydrogen) atoms. The Balaban J connectivity index is 2.04. The molecule has 176 valence electrons. The van der Waals surface area contributed by atoms with Gasteiger partial charge in [-0.1, -0.05) is 30.7 Å². The molecule has 0 saturated carbocycles. The van der Waals surface area contributed by atoms with Crippen molar-refractivity contribution >= 4 is 38.3 Å². The van der Waals surface area contributed by atoms with Gasteiger partial charge in [0.15, 0.2) is 9.84 Å². The average molecular weight is 492 g/mol. The first-order valence-electron chi connectivity index (χ1n) is 11.1. The average Bonchev–Trinajstić information content (AvgIpc) is 3.08. The molecule has 0 spiro atoms. The number of hydrogen-bond acceptors (Lipinski definition) is 4. The van der Waals surface area contributed by atoms with Gasteiger partial charge in [0.1, 0.15) is 11.9 Å². The number of halogens is 2. The zero-order chi connectivity index (χ0) is 23.9. The Kier molecular flexibility index (Phi) is 6.56. The van der Waals surface area contributed by atoms with Crippen molar-refractivity contribution in [3.05, 3.63) is 64.1 Å². The lowest BCUT2D eigenvalue weighted by Crippen LogP contribution is -2.22. The van der Waals surface area contributed by atoms with Crippen molar-refractivity contribution in [1.82, 2.24) is 4.57 Å². The van der Waals surface area contributed by atoms with Crippen molar-refractivity contribution in [2.75, 3.05) is 6.26 Å². The second-order valence-electron chi connectivity index (χ2n) is 8.65. The predicted octanol–water partition coefficient (Wildman–Crippen LogP) is 6.17. The van der Waals surface area contributed by atoms with Gasteiger partial charge in [0, 0.05) is 23.1 Å². The fourth-order valence-corrected chi connectivity index (χ4v) is 5.79. The molecule has 0 bridgehead atoms. The van der Waals surface area contributed by atoms with Gasteiger partial charge in [0.05, 0.1) is 22.1 Å². The molecule has 0 unspecified atom stereocenters. The van der Waals surface area contributed by atoms with Crippen LogP contribution in [0.1, 0.15) is 68.5 Å². The van der Waals surface area contributed by atoms with Gasteiger partial charge in [-0.15, -0.1) is 0 Å². The number of sulfone groups is 1. The van der Waals surface area contributed by atoms with Gasteiger partial charge in [0.2, 0.25) is 0 Å². The molecule has 0 amide bonds. The van der Waals surface area contributed by atoms with E-state index in [1.165, 1.54) is 6.07 Å². The Labute approximate surface area is 198 Å². The number of nitrogens with zero attached hydrogens (tertiary/aromatic N) is 1. The van der Waals surface area contributed by atoms with Crippen LogP contribution in [0, 0.1) is 5.82 Å². The number of rotatable bonds is 6. The molecular weight excluding hydrogens is 465 g/mol. The molecule has 2 atom stereocenters. The van der Waals surface area contributed by atoms with E-state index in [4.69, 9.17) is 16.3 Å². The molecule has 2 aromatic carbocycles. The van der Waals surface area contributed by atoms with Crippen molar-refractivity contribution < 1.29 is 22.3 Å². The summed E-state index contributed by atoms with van der Waals surface area (Å²) in [6.07, 6.45) is 3.59. The number of carbonyl (C=O) groups is 1. The summed E-state index contributed by atoms with van der Waals surface area (Å²) in [5.74, 6) is -0.895. The van der Waals surface area contributed by atoms with Gasteiger partial charge in [-0.05, 0) is 68.0 Å². The maximum Gasteiger partial charge on any atom is 0.306 e. The molecule has 1 aromatic heterocycles. The van der Waals surface area contributed by atoms with Gasteiger partial charge in [0.25, 0.3) is 0 Å². The Morgan fingerprint density at radius 2 is 1.97 bits per heavy atom. The van der Waals surface area contributed by atoms with Crippen LogP contribution in [0.5, 0.6) is 0 Å². The number of aromatic nitrogens is 1. The van der Waals surface area contributed by atoms with Crippen molar-refractivity contribution in [2.24, 2.45) is 0 Å². The van der Waals surface area contributed by atoms with Crippen LogP contribution in [-0.2, 0) is 25.8 Å². The third-order valence-corrected chi connectivity index (χ3v) is 7.60. The zero-order valence-electron chi connectivity index (χ0n) is 18.9. The van der Waals surface area contributed by atoms with Crippen LogP contribution in [0.15, 0.2) is 41.3 Å². The second kappa shape index (κ2) is 9.11. The Morgan fingerprint density at radius 1 is 1.27 bits per heavy atom. The van der Waals surface area contributed by atoms with E-state index < -0.39 is 21.8 Å². The van der Waals surface area contributed by atoms with Gasteiger partial charge < -0.3 is 9.30 Å².